The minimum atomic E-state index is -0.670. The smallest absolute Gasteiger partial charge is 0.404 e. The largest absolute Gasteiger partial charge is 0.446 e. The molecule has 1 rings (SSSR count). The average molecular weight is 141 g/mol. The van der Waals surface area contributed by atoms with Crippen LogP contribution in [0.1, 0.15) is 12.8 Å². The highest BCUT2D eigenvalue weighted by Gasteiger charge is 2.38. The summed E-state index contributed by atoms with van der Waals surface area (Å²) in [5, 5.41) is 0. The van der Waals surface area contributed by atoms with E-state index in [1.165, 1.54) is 0 Å². The van der Waals surface area contributed by atoms with Gasteiger partial charge < -0.3 is 10.5 Å². The molecule has 0 aromatic rings. The van der Waals surface area contributed by atoms with Crippen molar-refractivity contribution in [3.8, 4) is 0 Å². The predicted octanol–water partition coefficient (Wildman–Crippen LogP) is 1.05. The fourth-order valence-corrected chi connectivity index (χ4v) is 0.975. The molecule has 10 heavy (non-hydrogen) atoms. The number of carbonyl (C=O) groups excluding carboxylic acids is 1. The first kappa shape index (κ1) is 7.12. The number of nitrogens with two attached hydrogens (primary N) is 1. The Kier molecular flexibility index (Phi) is 1.94. The Labute approximate surface area is 59.8 Å². The molecule has 1 aliphatic carbocycles. The van der Waals surface area contributed by atoms with Crippen molar-refractivity contribution >= 4 is 6.09 Å². The molecule has 0 unspecified atom stereocenters. The quantitative estimate of drug-likeness (QED) is 0.597. The number of hydrogen-bond acceptors (Lipinski definition) is 2. The zero-order chi connectivity index (χ0) is 7.56. The Morgan fingerprint density at radius 1 is 1.90 bits per heavy atom. The Bertz CT molecular complexity index is 156. The van der Waals surface area contributed by atoms with Gasteiger partial charge in [0.25, 0.3) is 0 Å². The number of hydrogen-bond donors (Lipinski definition) is 1. The summed E-state index contributed by atoms with van der Waals surface area (Å²) in [6.07, 6.45) is 3.08. The maximum Gasteiger partial charge on any atom is 0.404 e. The normalized spacial score (nSPS) is 29.2. The molecule has 2 N–H and O–H groups in total. The lowest BCUT2D eigenvalue weighted by molar-refractivity contribution is 0.144. The van der Waals surface area contributed by atoms with Crippen LogP contribution in [0.5, 0.6) is 0 Å². The van der Waals surface area contributed by atoms with Gasteiger partial charge in [0.15, 0.2) is 0 Å². The zero-order valence-corrected chi connectivity index (χ0v) is 5.75. The molecule has 3 heteroatoms. The van der Waals surface area contributed by atoms with Crippen molar-refractivity contribution in [2.24, 2.45) is 11.7 Å². The van der Waals surface area contributed by atoms with Crippen molar-refractivity contribution in [2.45, 2.75) is 18.9 Å². The van der Waals surface area contributed by atoms with E-state index in [-0.39, 0.29) is 6.10 Å². The molecule has 1 amide bonds. The van der Waals surface area contributed by atoms with Crippen molar-refractivity contribution in [1.29, 1.82) is 0 Å². The lowest BCUT2D eigenvalue weighted by atomic mass is 10.3. The number of ether oxygens (including phenoxy) is 1. The van der Waals surface area contributed by atoms with Crippen molar-refractivity contribution in [2.75, 3.05) is 0 Å². The first-order chi connectivity index (χ1) is 4.74. The Balaban J connectivity index is 2.13. The van der Waals surface area contributed by atoms with Gasteiger partial charge in [-0.25, -0.2) is 4.79 Å². The minimum absolute atomic E-state index is 0.0653. The standard InChI is InChI=1S/C7H11NO2/c1-2-3-5-4-6(5)10-7(8)9/h2,5-6H,1,3-4H2,(H2,8,9)/t5-,6-/m1/s1. The van der Waals surface area contributed by atoms with Gasteiger partial charge in [-0.05, 0) is 12.8 Å². The Morgan fingerprint density at radius 3 is 3.10 bits per heavy atom. The monoisotopic (exact) mass is 141 g/mol. The van der Waals surface area contributed by atoms with Gasteiger partial charge in [0.1, 0.15) is 6.10 Å². The van der Waals surface area contributed by atoms with Crippen molar-refractivity contribution < 1.29 is 9.53 Å². The van der Waals surface area contributed by atoms with Crippen LogP contribution in [0, 0.1) is 5.92 Å². The Morgan fingerprint density at radius 2 is 2.60 bits per heavy atom. The maximum absolute atomic E-state index is 10.2. The molecule has 0 saturated heterocycles. The topological polar surface area (TPSA) is 52.3 Å². The molecule has 0 bridgehead atoms. The zero-order valence-electron chi connectivity index (χ0n) is 5.75. The van der Waals surface area contributed by atoms with Crippen LogP contribution in [0.2, 0.25) is 0 Å². The van der Waals surface area contributed by atoms with E-state index in [9.17, 15) is 4.79 Å². The second-order valence-electron chi connectivity index (χ2n) is 2.50. The molecule has 0 aromatic carbocycles. The summed E-state index contributed by atoms with van der Waals surface area (Å²) in [5.74, 6) is 0.477. The highest BCUT2D eigenvalue weighted by molar-refractivity contribution is 5.65. The van der Waals surface area contributed by atoms with E-state index in [2.05, 4.69) is 6.58 Å². The van der Waals surface area contributed by atoms with Crippen LogP contribution in [-0.2, 0) is 4.74 Å². The molecule has 1 fully saturated rings. The third kappa shape index (κ3) is 1.76. The summed E-state index contributed by atoms with van der Waals surface area (Å²) in [5.41, 5.74) is 4.80. The lowest BCUT2D eigenvalue weighted by Crippen LogP contribution is -2.15. The minimum Gasteiger partial charge on any atom is -0.446 e. The van der Waals surface area contributed by atoms with E-state index < -0.39 is 6.09 Å². The molecule has 0 radical (unpaired) electrons. The van der Waals surface area contributed by atoms with E-state index >= 15 is 0 Å². The summed E-state index contributed by atoms with van der Waals surface area (Å²) in [6.45, 7) is 3.58. The van der Waals surface area contributed by atoms with Crippen molar-refractivity contribution in [3.05, 3.63) is 12.7 Å². The second-order valence-corrected chi connectivity index (χ2v) is 2.50. The van der Waals surface area contributed by atoms with Gasteiger partial charge in [-0.15, -0.1) is 6.58 Å². The van der Waals surface area contributed by atoms with Gasteiger partial charge in [-0.2, -0.15) is 0 Å². The lowest BCUT2D eigenvalue weighted by Gasteiger charge is -1.96. The molecule has 0 aliphatic heterocycles. The first-order valence-electron chi connectivity index (χ1n) is 3.31. The molecule has 1 saturated carbocycles. The van der Waals surface area contributed by atoms with E-state index in [1.54, 1.807) is 0 Å². The fourth-order valence-electron chi connectivity index (χ4n) is 0.975. The predicted molar refractivity (Wildman–Crippen MR) is 37.4 cm³/mol. The van der Waals surface area contributed by atoms with Gasteiger partial charge in [-0.3, -0.25) is 0 Å². The second kappa shape index (κ2) is 2.73. The number of allylic oxidation sites excluding steroid dienone is 1. The average Bonchev–Trinajstić information content (AvgIpc) is 2.47. The van der Waals surface area contributed by atoms with Crippen LogP contribution < -0.4 is 5.73 Å². The summed E-state index contributed by atoms with van der Waals surface area (Å²) >= 11 is 0. The number of amides is 1. The van der Waals surface area contributed by atoms with E-state index in [1.807, 2.05) is 6.08 Å². The van der Waals surface area contributed by atoms with Crippen LogP contribution in [0.25, 0.3) is 0 Å². The fraction of sp³-hybridized carbons (Fsp3) is 0.571. The SMILES string of the molecule is C=CC[C@@H]1C[C@H]1OC(N)=O. The summed E-state index contributed by atoms with van der Waals surface area (Å²) in [6, 6.07) is 0. The molecule has 3 nitrogen and oxygen atoms in total. The number of carbonyl (C=O) groups is 1. The van der Waals surface area contributed by atoms with Crippen LogP contribution in [0.3, 0.4) is 0 Å². The number of primary amides is 1. The van der Waals surface area contributed by atoms with Gasteiger partial charge in [-0.1, -0.05) is 6.08 Å². The molecule has 2 atom stereocenters. The van der Waals surface area contributed by atoms with E-state index in [0.717, 1.165) is 12.8 Å². The maximum atomic E-state index is 10.2. The van der Waals surface area contributed by atoms with Gasteiger partial charge in [0.05, 0.1) is 0 Å². The summed E-state index contributed by atoms with van der Waals surface area (Å²) in [4.78, 5) is 10.2. The van der Waals surface area contributed by atoms with Gasteiger partial charge >= 0.3 is 6.09 Å². The Hall–Kier alpha value is -0.990. The third-order valence-electron chi connectivity index (χ3n) is 1.59. The van der Waals surface area contributed by atoms with Gasteiger partial charge in [0, 0.05) is 5.92 Å². The summed E-state index contributed by atoms with van der Waals surface area (Å²) in [7, 11) is 0. The van der Waals surface area contributed by atoms with E-state index in [4.69, 9.17) is 10.5 Å². The molecule has 1 aliphatic rings. The third-order valence-corrected chi connectivity index (χ3v) is 1.59. The van der Waals surface area contributed by atoms with Crippen LogP contribution in [0.4, 0.5) is 4.79 Å². The van der Waals surface area contributed by atoms with Crippen LogP contribution >= 0.6 is 0 Å². The molecule has 56 valence electrons. The van der Waals surface area contributed by atoms with Crippen molar-refractivity contribution in [3.63, 3.8) is 0 Å². The molecule has 0 aromatic heterocycles. The van der Waals surface area contributed by atoms with Crippen LogP contribution in [0.15, 0.2) is 12.7 Å². The van der Waals surface area contributed by atoms with Gasteiger partial charge in [0.2, 0.25) is 0 Å². The van der Waals surface area contributed by atoms with E-state index in [0.29, 0.717) is 5.92 Å². The molecule has 0 spiro atoms. The summed E-state index contributed by atoms with van der Waals surface area (Å²) < 4.78 is 4.72. The molecule has 0 heterocycles. The highest BCUT2D eigenvalue weighted by Crippen LogP contribution is 2.36. The first-order valence-corrected chi connectivity index (χ1v) is 3.31. The van der Waals surface area contributed by atoms with Crippen molar-refractivity contribution in [1.82, 2.24) is 0 Å². The van der Waals surface area contributed by atoms with Crippen LogP contribution in [-0.4, -0.2) is 12.2 Å². The molecular weight excluding hydrogens is 130 g/mol. The highest BCUT2D eigenvalue weighted by atomic mass is 16.6. The number of rotatable bonds is 3. The molecular formula is C7H11NO2.